The molecule has 0 spiro atoms. The molecular weight excluding hydrogens is 234 g/mol. The van der Waals surface area contributed by atoms with Crippen LogP contribution in [-0.4, -0.2) is 47.6 Å². The summed E-state index contributed by atoms with van der Waals surface area (Å²) < 4.78 is 5.48. The number of nitrogens with zero attached hydrogens (tertiary/aromatic N) is 1. The molecule has 1 rings (SSSR count). The Bertz CT molecular complexity index is 325. The molecule has 6 nitrogen and oxygen atoms in total. The maximum Gasteiger partial charge on any atom is 0.242 e. The molecule has 1 aliphatic heterocycles. The van der Waals surface area contributed by atoms with E-state index >= 15 is 0 Å². The maximum atomic E-state index is 12.1. The molecule has 4 N–H and O–H groups in total. The van der Waals surface area contributed by atoms with Crippen LogP contribution in [0, 0.1) is 0 Å². The van der Waals surface area contributed by atoms with Crippen LogP contribution in [0.25, 0.3) is 0 Å². The fourth-order valence-electron chi connectivity index (χ4n) is 1.95. The molecule has 0 radical (unpaired) electrons. The molecule has 1 aliphatic rings. The summed E-state index contributed by atoms with van der Waals surface area (Å²) in [5.74, 6) is -0.731. The first-order valence-corrected chi connectivity index (χ1v) is 6.21. The van der Waals surface area contributed by atoms with Crippen LogP contribution < -0.4 is 11.5 Å². The summed E-state index contributed by atoms with van der Waals surface area (Å²) in [6.45, 7) is 6.37. The van der Waals surface area contributed by atoms with Crippen molar-refractivity contribution in [2.45, 2.75) is 51.3 Å². The van der Waals surface area contributed by atoms with Crippen molar-refractivity contribution < 1.29 is 14.3 Å². The molecule has 2 amide bonds. The summed E-state index contributed by atoms with van der Waals surface area (Å²) in [5, 5.41) is 0. The zero-order chi connectivity index (χ0) is 13.9. The topological polar surface area (TPSA) is 98.7 Å². The van der Waals surface area contributed by atoms with E-state index in [1.165, 1.54) is 4.90 Å². The zero-order valence-electron chi connectivity index (χ0n) is 11.3. The molecule has 104 valence electrons. The highest BCUT2D eigenvalue weighted by Crippen LogP contribution is 2.18. The molecule has 1 fully saturated rings. The van der Waals surface area contributed by atoms with Crippen molar-refractivity contribution >= 4 is 11.8 Å². The van der Waals surface area contributed by atoms with Crippen molar-refractivity contribution in [2.24, 2.45) is 11.5 Å². The number of likely N-dealkylation sites (tertiary alicyclic amines) is 1. The summed E-state index contributed by atoms with van der Waals surface area (Å²) in [6.07, 6.45) is 1.40. The lowest BCUT2D eigenvalue weighted by Crippen LogP contribution is -2.52. The Morgan fingerprint density at radius 1 is 1.44 bits per heavy atom. The number of rotatable bonds is 4. The van der Waals surface area contributed by atoms with Gasteiger partial charge in [-0.1, -0.05) is 0 Å². The van der Waals surface area contributed by atoms with Gasteiger partial charge < -0.3 is 21.1 Å². The molecular formula is C12H23N3O3. The van der Waals surface area contributed by atoms with Gasteiger partial charge in [-0.05, 0) is 33.6 Å². The number of primary amides is 1. The standard InChI is InChI=1S/C12H23N3O3/c1-12(2,3)18-7-8(13)11(17)15-6-4-5-9(15)10(14)16/h8-9H,4-7,13H2,1-3H3,(H2,14,16)/t8-,9-/m0/s1. The van der Waals surface area contributed by atoms with E-state index in [0.29, 0.717) is 13.0 Å². The van der Waals surface area contributed by atoms with E-state index in [1.807, 2.05) is 20.8 Å². The molecule has 0 aromatic carbocycles. The Kier molecular flexibility index (Phi) is 4.70. The summed E-state index contributed by atoms with van der Waals surface area (Å²) in [4.78, 5) is 24.8. The predicted octanol–water partition coefficient (Wildman–Crippen LogP) is -0.395. The van der Waals surface area contributed by atoms with Crippen molar-refractivity contribution in [2.75, 3.05) is 13.2 Å². The lowest BCUT2D eigenvalue weighted by atomic mass is 10.1. The summed E-state index contributed by atoms with van der Waals surface area (Å²) in [7, 11) is 0. The molecule has 6 heteroatoms. The maximum absolute atomic E-state index is 12.1. The molecule has 0 saturated carbocycles. The van der Waals surface area contributed by atoms with Gasteiger partial charge in [0.2, 0.25) is 11.8 Å². The van der Waals surface area contributed by atoms with Crippen LogP contribution in [0.3, 0.4) is 0 Å². The van der Waals surface area contributed by atoms with Crippen LogP contribution in [0.2, 0.25) is 0 Å². The Hall–Kier alpha value is -1.14. The number of hydrogen-bond acceptors (Lipinski definition) is 4. The minimum absolute atomic E-state index is 0.143. The zero-order valence-corrected chi connectivity index (χ0v) is 11.3. The molecule has 1 saturated heterocycles. The van der Waals surface area contributed by atoms with Crippen molar-refractivity contribution in [1.82, 2.24) is 4.90 Å². The van der Waals surface area contributed by atoms with Crippen molar-refractivity contribution in [3.8, 4) is 0 Å². The SMILES string of the molecule is CC(C)(C)OC[C@H](N)C(=O)N1CCC[C@H]1C(N)=O. The van der Waals surface area contributed by atoms with Crippen LogP contribution in [0.5, 0.6) is 0 Å². The minimum Gasteiger partial charge on any atom is -0.374 e. The summed E-state index contributed by atoms with van der Waals surface area (Å²) in [6, 6.07) is -1.26. The normalized spacial score (nSPS) is 22.0. The average Bonchev–Trinajstić information content (AvgIpc) is 2.72. The number of hydrogen-bond donors (Lipinski definition) is 2. The van der Waals surface area contributed by atoms with Gasteiger partial charge in [-0.3, -0.25) is 9.59 Å². The third-order valence-corrected chi connectivity index (χ3v) is 2.88. The van der Waals surface area contributed by atoms with Gasteiger partial charge >= 0.3 is 0 Å². The lowest BCUT2D eigenvalue weighted by Gasteiger charge is -2.27. The van der Waals surface area contributed by atoms with Crippen LogP contribution in [0.15, 0.2) is 0 Å². The Labute approximate surface area is 108 Å². The largest absolute Gasteiger partial charge is 0.374 e. The van der Waals surface area contributed by atoms with Gasteiger partial charge in [-0.2, -0.15) is 0 Å². The van der Waals surface area contributed by atoms with Gasteiger partial charge in [0.15, 0.2) is 0 Å². The molecule has 18 heavy (non-hydrogen) atoms. The predicted molar refractivity (Wildman–Crippen MR) is 67.6 cm³/mol. The highest BCUT2D eigenvalue weighted by Gasteiger charge is 2.35. The van der Waals surface area contributed by atoms with E-state index in [2.05, 4.69) is 0 Å². The van der Waals surface area contributed by atoms with E-state index < -0.39 is 18.0 Å². The molecule has 0 aromatic heterocycles. The second-order valence-corrected chi connectivity index (χ2v) is 5.62. The molecule has 1 heterocycles. The van der Waals surface area contributed by atoms with Crippen LogP contribution in [-0.2, 0) is 14.3 Å². The Morgan fingerprint density at radius 2 is 2.06 bits per heavy atom. The van der Waals surface area contributed by atoms with Gasteiger partial charge in [-0.25, -0.2) is 0 Å². The fourth-order valence-corrected chi connectivity index (χ4v) is 1.95. The first-order chi connectivity index (χ1) is 8.22. The average molecular weight is 257 g/mol. The number of carbonyl (C=O) groups is 2. The van der Waals surface area contributed by atoms with E-state index in [-0.39, 0.29) is 18.1 Å². The van der Waals surface area contributed by atoms with Gasteiger partial charge in [0.05, 0.1) is 12.2 Å². The highest BCUT2D eigenvalue weighted by atomic mass is 16.5. The van der Waals surface area contributed by atoms with Gasteiger partial charge in [0, 0.05) is 6.54 Å². The number of amides is 2. The van der Waals surface area contributed by atoms with Crippen LogP contribution in [0.1, 0.15) is 33.6 Å². The van der Waals surface area contributed by atoms with E-state index in [1.54, 1.807) is 0 Å². The van der Waals surface area contributed by atoms with Crippen molar-refractivity contribution in [3.63, 3.8) is 0 Å². The molecule has 0 bridgehead atoms. The second kappa shape index (κ2) is 5.67. The van der Waals surface area contributed by atoms with Crippen molar-refractivity contribution in [1.29, 1.82) is 0 Å². The quantitative estimate of drug-likeness (QED) is 0.716. The summed E-state index contributed by atoms with van der Waals surface area (Å²) >= 11 is 0. The van der Waals surface area contributed by atoms with E-state index in [0.717, 1.165) is 6.42 Å². The Balaban J connectivity index is 2.55. The number of carbonyl (C=O) groups excluding carboxylic acids is 2. The second-order valence-electron chi connectivity index (χ2n) is 5.62. The lowest BCUT2D eigenvalue weighted by molar-refractivity contribution is -0.140. The van der Waals surface area contributed by atoms with Crippen molar-refractivity contribution in [3.05, 3.63) is 0 Å². The molecule has 0 aliphatic carbocycles. The van der Waals surface area contributed by atoms with E-state index in [4.69, 9.17) is 16.2 Å². The third kappa shape index (κ3) is 3.96. The van der Waals surface area contributed by atoms with Crippen LogP contribution in [0.4, 0.5) is 0 Å². The first kappa shape index (κ1) is 14.9. The van der Waals surface area contributed by atoms with Gasteiger partial charge in [0.1, 0.15) is 12.1 Å². The fraction of sp³-hybridized carbons (Fsp3) is 0.833. The molecule has 2 atom stereocenters. The summed E-state index contributed by atoms with van der Waals surface area (Å²) in [5.41, 5.74) is 10.7. The number of ether oxygens (including phenoxy) is 1. The van der Waals surface area contributed by atoms with Gasteiger partial charge in [-0.15, -0.1) is 0 Å². The van der Waals surface area contributed by atoms with Gasteiger partial charge in [0.25, 0.3) is 0 Å². The number of nitrogens with two attached hydrogens (primary N) is 2. The van der Waals surface area contributed by atoms with Crippen LogP contribution >= 0.6 is 0 Å². The highest BCUT2D eigenvalue weighted by molar-refractivity contribution is 5.89. The Morgan fingerprint density at radius 3 is 2.56 bits per heavy atom. The van der Waals surface area contributed by atoms with E-state index in [9.17, 15) is 9.59 Å². The third-order valence-electron chi connectivity index (χ3n) is 2.88. The first-order valence-electron chi connectivity index (χ1n) is 6.21. The molecule has 0 aromatic rings. The molecule has 0 unspecified atom stereocenters. The monoisotopic (exact) mass is 257 g/mol. The smallest absolute Gasteiger partial charge is 0.242 e. The minimum atomic E-state index is -0.746.